The second kappa shape index (κ2) is 5.88. The van der Waals surface area contributed by atoms with Crippen molar-refractivity contribution in [2.45, 2.75) is 0 Å². The van der Waals surface area contributed by atoms with E-state index in [1.54, 1.807) is 18.2 Å². The highest BCUT2D eigenvalue weighted by Gasteiger charge is 2.13. The molecule has 0 aliphatic rings. The van der Waals surface area contributed by atoms with Gasteiger partial charge >= 0.3 is 5.97 Å². The van der Waals surface area contributed by atoms with E-state index in [-0.39, 0.29) is 23.7 Å². The van der Waals surface area contributed by atoms with Gasteiger partial charge in [-0.3, -0.25) is 4.79 Å². The van der Waals surface area contributed by atoms with Gasteiger partial charge in [-0.15, -0.1) is 0 Å². The first kappa shape index (κ1) is 13.6. The molecule has 0 saturated carbocycles. The summed E-state index contributed by atoms with van der Waals surface area (Å²) in [6.45, 7) is -0.377. The number of phenols is 1. The van der Waals surface area contributed by atoms with E-state index in [9.17, 15) is 9.59 Å². The summed E-state index contributed by atoms with van der Waals surface area (Å²) in [5, 5.41) is 9.13. The highest BCUT2D eigenvalue weighted by molar-refractivity contribution is 6.00. The molecule has 0 saturated heterocycles. The average Bonchev–Trinajstić information content (AvgIpc) is 2.45. The van der Waals surface area contributed by atoms with E-state index in [4.69, 9.17) is 15.6 Å². The summed E-state index contributed by atoms with van der Waals surface area (Å²) in [6.07, 6.45) is 0. The molecule has 0 aliphatic heterocycles. The molecular formula is C15H13NO4. The lowest BCUT2D eigenvalue weighted by Gasteiger charge is -2.06. The Labute approximate surface area is 115 Å². The maximum atomic E-state index is 11.8. The van der Waals surface area contributed by atoms with Crippen molar-refractivity contribution in [1.29, 1.82) is 0 Å². The van der Waals surface area contributed by atoms with Crippen LogP contribution in [-0.4, -0.2) is 23.5 Å². The first-order chi connectivity index (χ1) is 9.58. The van der Waals surface area contributed by atoms with Crippen molar-refractivity contribution >= 4 is 17.4 Å². The van der Waals surface area contributed by atoms with Crippen molar-refractivity contribution in [3.8, 4) is 5.75 Å². The lowest BCUT2D eigenvalue weighted by molar-refractivity contribution is 0.0476. The highest BCUT2D eigenvalue weighted by atomic mass is 16.5. The molecule has 2 rings (SSSR count). The van der Waals surface area contributed by atoms with Crippen LogP contribution in [0, 0.1) is 0 Å². The number of nitrogen functional groups attached to an aromatic ring is 1. The monoisotopic (exact) mass is 271 g/mol. The molecule has 0 fully saturated rings. The fourth-order valence-electron chi connectivity index (χ4n) is 1.62. The zero-order chi connectivity index (χ0) is 14.5. The van der Waals surface area contributed by atoms with Crippen molar-refractivity contribution in [3.63, 3.8) is 0 Å². The Morgan fingerprint density at radius 1 is 1.05 bits per heavy atom. The molecule has 20 heavy (non-hydrogen) atoms. The molecule has 3 N–H and O–H groups in total. The molecular weight excluding hydrogens is 258 g/mol. The largest absolute Gasteiger partial charge is 0.508 e. The molecule has 0 bridgehead atoms. The summed E-state index contributed by atoms with van der Waals surface area (Å²) in [5.74, 6) is -0.932. The number of esters is 1. The number of ether oxygens (including phenoxy) is 1. The Bertz CT molecular complexity index is 635. The molecule has 2 aromatic carbocycles. The third-order valence-electron chi connectivity index (χ3n) is 2.70. The topological polar surface area (TPSA) is 89.6 Å². The van der Waals surface area contributed by atoms with Crippen LogP contribution in [0.1, 0.15) is 20.7 Å². The standard InChI is InChI=1S/C15H13NO4/c16-13-4-2-1-3-12(13)15(19)20-9-14(18)10-5-7-11(17)8-6-10/h1-8,17H,9,16H2. The van der Waals surface area contributed by atoms with Gasteiger partial charge in [-0.1, -0.05) is 12.1 Å². The number of hydrogen-bond acceptors (Lipinski definition) is 5. The van der Waals surface area contributed by atoms with Gasteiger partial charge < -0.3 is 15.6 Å². The van der Waals surface area contributed by atoms with E-state index in [1.807, 2.05) is 0 Å². The lowest BCUT2D eigenvalue weighted by Crippen LogP contribution is -2.15. The lowest BCUT2D eigenvalue weighted by atomic mass is 10.1. The maximum Gasteiger partial charge on any atom is 0.340 e. The van der Waals surface area contributed by atoms with Crippen LogP contribution in [0.2, 0.25) is 0 Å². The summed E-state index contributed by atoms with van der Waals surface area (Å²) in [4.78, 5) is 23.5. The van der Waals surface area contributed by atoms with Gasteiger partial charge in [-0.2, -0.15) is 0 Å². The van der Waals surface area contributed by atoms with Gasteiger partial charge in [0.2, 0.25) is 0 Å². The number of benzene rings is 2. The minimum absolute atomic E-state index is 0.0654. The van der Waals surface area contributed by atoms with Crippen LogP contribution in [0.3, 0.4) is 0 Å². The molecule has 5 nitrogen and oxygen atoms in total. The summed E-state index contributed by atoms with van der Waals surface area (Å²) in [5.41, 5.74) is 6.53. The normalized spacial score (nSPS) is 10.0. The number of para-hydroxylation sites is 1. The second-order valence-electron chi connectivity index (χ2n) is 4.13. The van der Waals surface area contributed by atoms with Crippen molar-refractivity contribution < 1.29 is 19.4 Å². The summed E-state index contributed by atoms with van der Waals surface area (Å²) < 4.78 is 4.92. The Morgan fingerprint density at radius 3 is 2.35 bits per heavy atom. The van der Waals surface area contributed by atoms with Gasteiger partial charge in [-0.05, 0) is 36.4 Å². The average molecular weight is 271 g/mol. The molecule has 2 aromatic rings. The number of ketones is 1. The number of aromatic hydroxyl groups is 1. The number of anilines is 1. The Morgan fingerprint density at radius 2 is 1.70 bits per heavy atom. The van der Waals surface area contributed by atoms with Gasteiger partial charge in [0.25, 0.3) is 0 Å². The molecule has 5 heteroatoms. The first-order valence-electron chi connectivity index (χ1n) is 5.92. The van der Waals surface area contributed by atoms with Crippen molar-refractivity contribution in [3.05, 3.63) is 59.7 Å². The van der Waals surface area contributed by atoms with E-state index in [2.05, 4.69) is 0 Å². The van der Waals surface area contributed by atoms with E-state index < -0.39 is 5.97 Å². The maximum absolute atomic E-state index is 11.8. The molecule has 0 radical (unpaired) electrons. The molecule has 0 atom stereocenters. The van der Waals surface area contributed by atoms with Crippen molar-refractivity contribution in [1.82, 2.24) is 0 Å². The van der Waals surface area contributed by atoms with Crippen LogP contribution in [0.5, 0.6) is 5.75 Å². The molecule has 0 heterocycles. The summed E-state index contributed by atoms with van der Waals surface area (Å²) in [7, 11) is 0. The van der Waals surface area contributed by atoms with Crippen LogP contribution in [0.4, 0.5) is 5.69 Å². The molecule has 0 amide bonds. The van der Waals surface area contributed by atoms with Crippen LogP contribution in [0.25, 0.3) is 0 Å². The third-order valence-corrected chi connectivity index (χ3v) is 2.70. The summed E-state index contributed by atoms with van der Waals surface area (Å²) in [6, 6.07) is 12.2. The van der Waals surface area contributed by atoms with E-state index in [0.717, 1.165) is 0 Å². The van der Waals surface area contributed by atoms with Crippen LogP contribution < -0.4 is 5.73 Å². The Hall–Kier alpha value is -2.82. The van der Waals surface area contributed by atoms with Gasteiger partial charge in [0, 0.05) is 11.3 Å². The fourth-order valence-corrected chi connectivity index (χ4v) is 1.62. The Kier molecular flexibility index (Phi) is 4.00. The van der Waals surface area contributed by atoms with Crippen LogP contribution in [-0.2, 0) is 4.74 Å². The number of Topliss-reactive ketones (excluding diaryl/α,β-unsaturated/α-hetero) is 1. The van der Waals surface area contributed by atoms with E-state index in [0.29, 0.717) is 11.3 Å². The van der Waals surface area contributed by atoms with E-state index >= 15 is 0 Å². The summed E-state index contributed by atoms with van der Waals surface area (Å²) >= 11 is 0. The first-order valence-corrected chi connectivity index (χ1v) is 5.92. The van der Waals surface area contributed by atoms with Gasteiger partial charge in [0.15, 0.2) is 12.4 Å². The molecule has 0 aromatic heterocycles. The minimum atomic E-state index is -0.643. The van der Waals surface area contributed by atoms with Crippen molar-refractivity contribution in [2.24, 2.45) is 0 Å². The third kappa shape index (κ3) is 3.14. The number of rotatable bonds is 4. The smallest absolute Gasteiger partial charge is 0.340 e. The zero-order valence-corrected chi connectivity index (χ0v) is 10.6. The molecule has 102 valence electrons. The zero-order valence-electron chi connectivity index (χ0n) is 10.6. The SMILES string of the molecule is Nc1ccccc1C(=O)OCC(=O)c1ccc(O)cc1. The predicted molar refractivity (Wildman–Crippen MR) is 73.6 cm³/mol. The van der Waals surface area contributed by atoms with Gasteiger partial charge in [0.1, 0.15) is 5.75 Å². The predicted octanol–water partition coefficient (Wildman–Crippen LogP) is 2.01. The minimum Gasteiger partial charge on any atom is -0.508 e. The van der Waals surface area contributed by atoms with Crippen LogP contribution >= 0.6 is 0 Å². The number of phenolic OH excluding ortho intramolecular Hbond substituents is 1. The molecule has 0 unspecified atom stereocenters. The molecule has 0 spiro atoms. The van der Waals surface area contributed by atoms with Crippen LogP contribution in [0.15, 0.2) is 48.5 Å². The van der Waals surface area contributed by atoms with Crippen molar-refractivity contribution in [2.75, 3.05) is 12.3 Å². The fraction of sp³-hybridized carbons (Fsp3) is 0.0667. The number of nitrogens with two attached hydrogens (primary N) is 1. The number of carbonyl (C=O) groups excluding carboxylic acids is 2. The Balaban J connectivity index is 1.99. The van der Waals surface area contributed by atoms with Gasteiger partial charge in [-0.25, -0.2) is 4.79 Å². The van der Waals surface area contributed by atoms with E-state index in [1.165, 1.54) is 30.3 Å². The second-order valence-corrected chi connectivity index (χ2v) is 4.13. The number of hydrogen-bond donors (Lipinski definition) is 2. The quantitative estimate of drug-likeness (QED) is 0.504. The number of carbonyl (C=O) groups is 2. The van der Waals surface area contributed by atoms with Gasteiger partial charge in [0.05, 0.1) is 5.56 Å². The molecule has 0 aliphatic carbocycles. The highest BCUT2D eigenvalue weighted by Crippen LogP contribution is 2.13.